The van der Waals surface area contributed by atoms with E-state index < -0.39 is 5.97 Å². The molecule has 0 saturated carbocycles. The molecule has 1 aliphatic heterocycles. The van der Waals surface area contributed by atoms with Gasteiger partial charge in [-0.25, -0.2) is 14.8 Å². The monoisotopic (exact) mass is 236 g/mol. The molecule has 2 heterocycles. The minimum absolute atomic E-state index is 0.219. The first kappa shape index (κ1) is 12.0. The molecular weight excluding hydrogens is 220 g/mol. The molecule has 0 aliphatic carbocycles. The molecule has 0 bridgehead atoms. The highest BCUT2D eigenvalue weighted by atomic mass is 16.5. The fourth-order valence-electron chi connectivity index (χ4n) is 2.19. The van der Waals surface area contributed by atoms with E-state index in [1.807, 2.05) is 0 Å². The lowest BCUT2D eigenvalue weighted by Crippen LogP contribution is -2.13. The average Bonchev–Trinajstić information content (AvgIpc) is 2.68. The van der Waals surface area contributed by atoms with Crippen molar-refractivity contribution in [3.63, 3.8) is 0 Å². The number of hydrogen-bond acceptors (Lipinski definition) is 4. The van der Waals surface area contributed by atoms with Crippen molar-refractivity contribution in [3.05, 3.63) is 22.8 Å². The van der Waals surface area contributed by atoms with Crippen LogP contribution in [0, 0.1) is 19.8 Å². The Morgan fingerprint density at radius 3 is 2.53 bits per heavy atom. The Bertz CT molecular complexity index is 416. The summed E-state index contributed by atoms with van der Waals surface area (Å²) >= 11 is 0. The quantitative estimate of drug-likeness (QED) is 0.858. The van der Waals surface area contributed by atoms with Crippen LogP contribution in [0.4, 0.5) is 0 Å². The molecule has 0 radical (unpaired) electrons. The van der Waals surface area contributed by atoms with Gasteiger partial charge >= 0.3 is 5.97 Å². The molecule has 1 aliphatic rings. The standard InChI is InChI=1S/C12H16N2O3/c1-7-11(12(15)16)8(2)14-10(13-7)5-9-3-4-17-6-9/h9H,3-6H2,1-2H3,(H,15,16). The van der Waals surface area contributed by atoms with Crippen LogP contribution in [0.1, 0.15) is 34.0 Å². The third-order valence-electron chi connectivity index (χ3n) is 3.03. The van der Waals surface area contributed by atoms with Crippen LogP contribution in [0.2, 0.25) is 0 Å². The molecule has 0 amide bonds. The van der Waals surface area contributed by atoms with E-state index >= 15 is 0 Å². The maximum atomic E-state index is 11.0. The van der Waals surface area contributed by atoms with Gasteiger partial charge in [0.15, 0.2) is 0 Å². The third-order valence-corrected chi connectivity index (χ3v) is 3.03. The zero-order valence-electron chi connectivity index (χ0n) is 10.1. The zero-order valence-corrected chi connectivity index (χ0v) is 10.1. The van der Waals surface area contributed by atoms with Gasteiger partial charge in [-0.3, -0.25) is 0 Å². The van der Waals surface area contributed by atoms with Crippen LogP contribution in [-0.2, 0) is 11.2 Å². The van der Waals surface area contributed by atoms with Crippen molar-refractivity contribution in [2.24, 2.45) is 5.92 Å². The molecule has 17 heavy (non-hydrogen) atoms. The van der Waals surface area contributed by atoms with Crippen LogP contribution >= 0.6 is 0 Å². The number of ether oxygens (including phenoxy) is 1. The Labute approximate surface area is 99.9 Å². The van der Waals surface area contributed by atoms with Crippen LogP contribution in [0.3, 0.4) is 0 Å². The molecule has 1 atom stereocenters. The highest BCUT2D eigenvalue weighted by Gasteiger charge is 2.20. The number of carboxylic acids is 1. The molecule has 0 spiro atoms. The first-order chi connectivity index (χ1) is 8.08. The summed E-state index contributed by atoms with van der Waals surface area (Å²) in [6.45, 7) is 4.98. The van der Waals surface area contributed by atoms with Crippen molar-refractivity contribution in [1.29, 1.82) is 0 Å². The summed E-state index contributed by atoms with van der Waals surface area (Å²) in [6.07, 6.45) is 1.80. The van der Waals surface area contributed by atoms with E-state index in [9.17, 15) is 4.79 Å². The highest BCUT2D eigenvalue weighted by molar-refractivity contribution is 5.89. The highest BCUT2D eigenvalue weighted by Crippen LogP contribution is 2.18. The van der Waals surface area contributed by atoms with Gasteiger partial charge in [0, 0.05) is 19.6 Å². The summed E-state index contributed by atoms with van der Waals surface area (Å²) in [6, 6.07) is 0. The number of carboxylic acid groups (broad SMARTS) is 1. The smallest absolute Gasteiger partial charge is 0.339 e. The molecule has 5 nitrogen and oxygen atoms in total. The largest absolute Gasteiger partial charge is 0.478 e. The van der Waals surface area contributed by atoms with Gasteiger partial charge in [0.2, 0.25) is 0 Å². The number of nitrogens with zero attached hydrogens (tertiary/aromatic N) is 2. The number of carbonyl (C=O) groups is 1. The molecule has 0 aromatic carbocycles. The van der Waals surface area contributed by atoms with Gasteiger partial charge in [-0.1, -0.05) is 0 Å². The van der Waals surface area contributed by atoms with Gasteiger partial charge in [0.1, 0.15) is 11.4 Å². The van der Waals surface area contributed by atoms with Crippen LogP contribution in [0.15, 0.2) is 0 Å². The van der Waals surface area contributed by atoms with E-state index in [0.29, 0.717) is 17.3 Å². The summed E-state index contributed by atoms with van der Waals surface area (Å²) in [5.41, 5.74) is 1.30. The number of aryl methyl sites for hydroxylation is 2. The van der Waals surface area contributed by atoms with Crippen LogP contribution in [0.25, 0.3) is 0 Å². The van der Waals surface area contributed by atoms with E-state index in [1.165, 1.54) is 0 Å². The molecule has 2 rings (SSSR count). The molecule has 1 aromatic rings. The summed E-state index contributed by atoms with van der Waals surface area (Å²) in [5, 5.41) is 9.02. The topological polar surface area (TPSA) is 72.3 Å². The summed E-state index contributed by atoms with van der Waals surface area (Å²) < 4.78 is 5.30. The zero-order chi connectivity index (χ0) is 12.4. The third kappa shape index (κ3) is 2.61. The van der Waals surface area contributed by atoms with Crippen molar-refractivity contribution in [3.8, 4) is 0 Å². The number of aromatic nitrogens is 2. The average molecular weight is 236 g/mol. The van der Waals surface area contributed by atoms with E-state index in [0.717, 1.165) is 31.9 Å². The van der Waals surface area contributed by atoms with Crippen molar-refractivity contribution in [2.75, 3.05) is 13.2 Å². The Hall–Kier alpha value is -1.49. The lowest BCUT2D eigenvalue weighted by molar-refractivity contribution is 0.0694. The molecule has 1 saturated heterocycles. The summed E-state index contributed by atoms with van der Waals surface area (Å²) in [5.74, 6) is 0.223. The number of hydrogen-bond donors (Lipinski definition) is 1. The normalized spacial score (nSPS) is 19.5. The second-order valence-electron chi connectivity index (χ2n) is 4.42. The molecule has 1 aromatic heterocycles. The lowest BCUT2D eigenvalue weighted by Gasteiger charge is -2.10. The fourth-order valence-corrected chi connectivity index (χ4v) is 2.19. The molecule has 92 valence electrons. The van der Waals surface area contributed by atoms with Gasteiger partial charge < -0.3 is 9.84 Å². The van der Waals surface area contributed by atoms with Crippen molar-refractivity contribution in [1.82, 2.24) is 9.97 Å². The first-order valence-electron chi connectivity index (χ1n) is 5.73. The van der Waals surface area contributed by atoms with Gasteiger partial charge in [-0.15, -0.1) is 0 Å². The molecular formula is C12H16N2O3. The molecule has 1 unspecified atom stereocenters. The Kier molecular flexibility index (Phi) is 3.38. The van der Waals surface area contributed by atoms with Gasteiger partial charge in [-0.2, -0.15) is 0 Å². The van der Waals surface area contributed by atoms with Gasteiger partial charge in [-0.05, 0) is 26.2 Å². The Morgan fingerprint density at radius 1 is 1.41 bits per heavy atom. The maximum Gasteiger partial charge on any atom is 0.339 e. The van der Waals surface area contributed by atoms with Crippen LogP contribution in [-0.4, -0.2) is 34.3 Å². The minimum atomic E-state index is -0.962. The van der Waals surface area contributed by atoms with Crippen molar-refractivity contribution in [2.45, 2.75) is 26.7 Å². The van der Waals surface area contributed by atoms with Gasteiger partial charge in [0.25, 0.3) is 0 Å². The first-order valence-corrected chi connectivity index (χ1v) is 5.73. The number of rotatable bonds is 3. The SMILES string of the molecule is Cc1nc(CC2CCOC2)nc(C)c1C(=O)O. The number of aromatic carboxylic acids is 1. The Morgan fingerprint density at radius 2 is 2.06 bits per heavy atom. The van der Waals surface area contributed by atoms with Crippen molar-refractivity contribution < 1.29 is 14.6 Å². The fraction of sp³-hybridized carbons (Fsp3) is 0.583. The van der Waals surface area contributed by atoms with E-state index in [-0.39, 0.29) is 5.56 Å². The van der Waals surface area contributed by atoms with Crippen LogP contribution in [0.5, 0.6) is 0 Å². The van der Waals surface area contributed by atoms with E-state index in [2.05, 4.69) is 9.97 Å². The maximum absolute atomic E-state index is 11.0. The lowest BCUT2D eigenvalue weighted by atomic mass is 10.0. The van der Waals surface area contributed by atoms with Gasteiger partial charge in [0.05, 0.1) is 11.4 Å². The predicted molar refractivity (Wildman–Crippen MR) is 61.1 cm³/mol. The van der Waals surface area contributed by atoms with Crippen molar-refractivity contribution >= 4 is 5.97 Å². The Balaban J connectivity index is 2.22. The minimum Gasteiger partial charge on any atom is -0.478 e. The second-order valence-corrected chi connectivity index (χ2v) is 4.42. The predicted octanol–water partition coefficient (Wildman–Crippen LogP) is 1.37. The van der Waals surface area contributed by atoms with E-state index in [1.54, 1.807) is 13.8 Å². The molecule has 5 heteroatoms. The van der Waals surface area contributed by atoms with Crippen LogP contribution < -0.4 is 0 Å². The summed E-state index contributed by atoms with van der Waals surface area (Å²) in [4.78, 5) is 19.5. The van der Waals surface area contributed by atoms with E-state index in [4.69, 9.17) is 9.84 Å². The summed E-state index contributed by atoms with van der Waals surface area (Å²) in [7, 11) is 0. The molecule has 1 fully saturated rings. The second kappa shape index (κ2) is 4.79. The molecule has 1 N–H and O–H groups in total.